The van der Waals surface area contributed by atoms with E-state index in [4.69, 9.17) is 4.74 Å². The summed E-state index contributed by atoms with van der Waals surface area (Å²) >= 11 is 0. The fourth-order valence-corrected chi connectivity index (χ4v) is 1.80. The van der Waals surface area contributed by atoms with E-state index in [-0.39, 0.29) is 5.91 Å². The Balaban J connectivity index is 1.84. The number of carbonyl (C=O) groups excluding carboxylic acids is 1. The van der Waals surface area contributed by atoms with Gasteiger partial charge in [-0.15, -0.1) is 0 Å². The van der Waals surface area contributed by atoms with Crippen LogP contribution >= 0.6 is 0 Å². The van der Waals surface area contributed by atoms with Crippen molar-refractivity contribution in [3.63, 3.8) is 0 Å². The fourth-order valence-electron chi connectivity index (χ4n) is 1.80. The van der Waals surface area contributed by atoms with Gasteiger partial charge >= 0.3 is 0 Å². The number of hydrogen-bond donors (Lipinski definition) is 2. The number of nitrogens with one attached hydrogen (secondary N) is 2. The van der Waals surface area contributed by atoms with Gasteiger partial charge in [-0.25, -0.2) is 0 Å². The van der Waals surface area contributed by atoms with Crippen molar-refractivity contribution in [2.24, 2.45) is 0 Å². The van der Waals surface area contributed by atoms with E-state index in [0.717, 1.165) is 24.9 Å². The molecule has 0 unspecified atom stereocenters. The van der Waals surface area contributed by atoms with Crippen LogP contribution < -0.4 is 10.6 Å². The van der Waals surface area contributed by atoms with E-state index >= 15 is 0 Å². The zero-order valence-corrected chi connectivity index (χ0v) is 10.7. The Labute approximate surface area is 108 Å². The minimum atomic E-state index is 0.0686. The molecule has 1 fully saturated rings. The summed E-state index contributed by atoms with van der Waals surface area (Å²) in [6, 6.07) is 8.44. The van der Waals surface area contributed by atoms with E-state index in [1.165, 1.54) is 5.56 Å². The summed E-state index contributed by atoms with van der Waals surface area (Å²) in [5.41, 5.74) is 2.19. The predicted molar refractivity (Wildman–Crippen MR) is 71.7 cm³/mol. The first-order chi connectivity index (χ1) is 8.79. The molecular formula is C14H20N2O2. The number of methoxy groups -OCH3 is 1. The number of hydrogen-bond acceptors (Lipinski definition) is 3. The zero-order valence-electron chi connectivity index (χ0n) is 10.7. The summed E-state index contributed by atoms with van der Waals surface area (Å²) < 4.78 is 5.08. The number of amides is 1. The molecule has 0 aliphatic heterocycles. The number of ether oxygens (including phenoxy) is 1. The van der Waals surface area contributed by atoms with Crippen LogP contribution in [0.5, 0.6) is 0 Å². The van der Waals surface area contributed by atoms with Crippen molar-refractivity contribution >= 4 is 11.6 Å². The lowest BCUT2D eigenvalue weighted by Crippen LogP contribution is -2.31. The fraction of sp³-hybridized carbons (Fsp3) is 0.500. The Bertz CT molecular complexity index is 403. The van der Waals surface area contributed by atoms with Crippen molar-refractivity contribution in [3.05, 3.63) is 29.8 Å². The normalized spacial score (nSPS) is 14.3. The summed E-state index contributed by atoms with van der Waals surface area (Å²) in [5, 5.41) is 6.15. The molecule has 1 aliphatic rings. The molecule has 0 heterocycles. The SMILES string of the molecule is COCCc1ccccc1NCC(=O)NC1CC1. The zero-order chi connectivity index (χ0) is 12.8. The molecule has 1 aromatic carbocycles. The first-order valence-electron chi connectivity index (χ1n) is 6.39. The van der Waals surface area contributed by atoms with Crippen LogP contribution in [-0.2, 0) is 16.0 Å². The van der Waals surface area contributed by atoms with E-state index in [1.54, 1.807) is 7.11 Å². The Hall–Kier alpha value is -1.55. The van der Waals surface area contributed by atoms with Crippen molar-refractivity contribution in [1.82, 2.24) is 5.32 Å². The topological polar surface area (TPSA) is 50.4 Å². The molecule has 0 radical (unpaired) electrons. The standard InChI is InChI=1S/C14H20N2O2/c1-18-9-8-11-4-2-3-5-13(11)15-10-14(17)16-12-6-7-12/h2-5,12,15H,6-10H2,1H3,(H,16,17). The van der Waals surface area contributed by atoms with Gasteiger partial charge in [0.1, 0.15) is 0 Å². The highest BCUT2D eigenvalue weighted by Gasteiger charge is 2.22. The van der Waals surface area contributed by atoms with Gasteiger partial charge in [0.05, 0.1) is 13.2 Å². The molecule has 2 N–H and O–H groups in total. The molecule has 0 bridgehead atoms. The Morgan fingerprint density at radius 1 is 1.39 bits per heavy atom. The van der Waals surface area contributed by atoms with Crippen LogP contribution in [0.1, 0.15) is 18.4 Å². The minimum absolute atomic E-state index is 0.0686. The average molecular weight is 248 g/mol. The van der Waals surface area contributed by atoms with Crippen LogP contribution in [0.2, 0.25) is 0 Å². The van der Waals surface area contributed by atoms with E-state index in [2.05, 4.69) is 16.7 Å². The van der Waals surface area contributed by atoms with Crippen molar-refractivity contribution < 1.29 is 9.53 Å². The van der Waals surface area contributed by atoms with Crippen molar-refractivity contribution in [3.8, 4) is 0 Å². The van der Waals surface area contributed by atoms with Crippen LogP contribution in [0.25, 0.3) is 0 Å². The van der Waals surface area contributed by atoms with Gasteiger partial charge in [-0.05, 0) is 30.9 Å². The van der Waals surface area contributed by atoms with E-state index in [9.17, 15) is 4.79 Å². The monoisotopic (exact) mass is 248 g/mol. The molecule has 4 heteroatoms. The molecule has 1 aromatic rings. The Morgan fingerprint density at radius 3 is 2.89 bits per heavy atom. The third-order valence-electron chi connectivity index (χ3n) is 2.97. The van der Waals surface area contributed by atoms with Crippen molar-refractivity contribution in [2.45, 2.75) is 25.3 Å². The summed E-state index contributed by atoms with van der Waals surface area (Å²) in [7, 11) is 1.69. The highest BCUT2D eigenvalue weighted by Crippen LogP contribution is 2.18. The maximum Gasteiger partial charge on any atom is 0.239 e. The van der Waals surface area contributed by atoms with Gasteiger partial charge in [-0.1, -0.05) is 18.2 Å². The lowest BCUT2D eigenvalue weighted by Gasteiger charge is -2.11. The molecule has 1 saturated carbocycles. The number of rotatable bonds is 7. The second-order valence-corrected chi connectivity index (χ2v) is 4.60. The average Bonchev–Trinajstić information content (AvgIpc) is 3.18. The maximum atomic E-state index is 11.6. The van der Waals surface area contributed by atoms with Gasteiger partial charge in [-0.3, -0.25) is 4.79 Å². The first kappa shape index (κ1) is 12.9. The molecule has 0 aromatic heterocycles. The predicted octanol–water partition coefficient (Wildman–Crippen LogP) is 1.57. The lowest BCUT2D eigenvalue weighted by molar-refractivity contribution is -0.119. The Kier molecular flexibility index (Phi) is 4.59. The third kappa shape index (κ3) is 4.04. The number of carbonyl (C=O) groups is 1. The van der Waals surface area contributed by atoms with Gasteiger partial charge < -0.3 is 15.4 Å². The molecule has 4 nitrogen and oxygen atoms in total. The molecular weight excluding hydrogens is 228 g/mol. The number of anilines is 1. The summed E-state index contributed by atoms with van der Waals surface area (Å²) in [5.74, 6) is 0.0686. The van der Waals surface area contributed by atoms with Gasteiger partial charge in [-0.2, -0.15) is 0 Å². The maximum absolute atomic E-state index is 11.6. The molecule has 0 saturated heterocycles. The highest BCUT2D eigenvalue weighted by atomic mass is 16.5. The molecule has 98 valence electrons. The Morgan fingerprint density at radius 2 is 2.17 bits per heavy atom. The smallest absolute Gasteiger partial charge is 0.239 e. The molecule has 18 heavy (non-hydrogen) atoms. The summed E-state index contributed by atoms with van der Waals surface area (Å²) in [6.07, 6.45) is 3.09. The van der Waals surface area contributed by atoms with Gasteiger partial charge in [0.15, 0.2) is 0 Å². The quantitative estimate of drug-likeness (QED) is 0.770. The molecule has 2 rings (SSSR count). The largest absolute Gasteiger partial charge is 0.384 e. The highest BCUT2D eigenvalue weighted by molar-refractivity contribution is 5.81. The lowest BCUT2D eigenvalue weighted by atomic mass is 10.1. The summed E-state index contributed by atoms with van der Waals surface area (Å²) in [4.78, 5) is 11.6. The van der Waals surface area contributed by atoms with Crippen LogP contribution in [0.3, 0.4) is 0 Å². The first-order valence-corrected chi connectivity index (χ1v) is 6.39. The summed E-state index contributed by atoms with van der Waals surface area (Å²) in [6.45, 7) is 1.02. The third-order valence-corrected chi connectivity index (χ3v) is 2.97. The molecule has 0 atom stereocenters. The van der Waals surface area contributed by atoms with Crippen LogP contribution in [0.4, 0.5) is 5.69 Å². The van der Waals surface area contributed by atoms with Crippen LogP contribution in [0, 0.1) is 0 Å². The van der Waals surface area contributed by atoms with Gasteiger partial charge in [0, 0.05) is 18.8 Å². The van der Waals surface area contributed by atoms with E-state index < -0.39 is 0 Å². The second-order valence-electron chi connectivity index (χ2n) is 4.60. The molecule has 1 aliphatic carbocycles. The second kappa shape index (κ2) is 6.40. The number of para-hydroxylation sites is 1. The van der Waals surface area contributed by atoms with Gasteiger partial charge in [0.2, 0.25) is 5.91 Å². The van der Waals surface area contributed by atoms with E-state index in [0.29, 0.717) is 19.2 Å². The molecule has 1 amide bonds. The van der Waals surface area contributed by atoms with E-state index in [1.807, 2.05) is 18.2 Å². The number of benzene rings is 1. The van der Waals surface area contributed by atoms with Gasteiger partial charge in [0.25, 0.3) is 0 Å². The van der Waals surface area contributed by atoms with Crippen molar-refractivity contribution in [2.75, 3.05) is 25.6 Å². The molecule has 0 spiro atoms. The van der Waals surface area contributed by atoms with Crippen LogP contribution in [-0.4, -0.2) is 32.2 Å². The van der Waals surface area contributed by atoms with Crippen molar-refractivity contribution in [1.29, 1.82) is 0 Å². The van der Waals surface area contributed by atoms with Crippen LogP contribution in [0.15, 0.2) is 24.3 Å². The minimum Gasteiger partial charge on any atom is -0.384 e.